The molecule has 2 aromatic carbocycles. The summed E-state index contributed by atoms with van der Waals surface area (Å²) in [6.07, 6.45) is -4.62. The molecule has 1 aliphatic rings. The van der Waals surface area contributed by atoms with Gasteiger partial charge in [-0.2, -0.15) is 13.2 Å². The third-order valence-corrected chi connectivity index (χ3v) is 4.43. The number of carbonyl (C=O) groups excluding carboxylic acids is 3. The third kappa shape index (κ3) is 4.92. The van der Waals surface area contributed by atoms with Gasteiger partial charge in [0, 0.05) is 37.0 Å². The first-order chi connectivity index (χ1) is 13.6. The van der Waals surface area contributed by atoms with Gasteiger partial charge >= 0.3 is 6.18 Å². The highest BCUT2D eigenvalue weighted by Gasteiger charge is 2.37. The molecular weight excluding hydrogens is 387 g/mol. The van der Waals surface area contributed by atoms with Crippen molar-refractivity contribution in [2.24, 2.45) is 5.92 Å². The molecule has 1 fully saturated rings. The summed E-state index contributed by atoms with van der Waals surface area (Å²) in [5.41, 5.74) is 0.188. The van der Waals surface area contributed by atoms with Gasteiger partial charge in [0.1, 0.15) is 0 Å². The number of amides is 3. The van der Waals surface area contributed by atoms with Crippen molar-refractivity contribution >= 4 is 34.8 Å². The van der Waals surface area contributed by atoms with Crippen LogP contribution in [0.3, 0.4) is 0 Å². The van der Waals surface area contributed by atoms with Crippen LogP contribution in [0.5, 0.6) is 0 Å². The molecule has 2 aromatic rings. The average molecular weight is 405 g/mol. The maximum Gasteiger partial charge on any atom is 0.416 e. The summed E-state index contributed by atoms with van der Waals surface area (Å²) in [4.78, 5) is 37.2. The van der Waals surface area contributed by atoms with Crippen LogP contribution in [0, 0.1) is 5.92 Å². The number of alkyl halides is 3. The van der Waals surface area contributed by atoms with Crippen molar-refractivity contribution in [1.82, 2.24) is 0 Å². The van der Waals surface area contributed by atoms with Gasteiger partial charge in [0.05, 0.1) is 11.5 Å². The molecule has 0 unspecified atom stereocenters. The van der Waals surface area contributed by atoms with Crippen LogP contribution in [0.1, 0.15) is 18.9 Å². The summed E-state index contributed by atoms with van der Waals surface area (Å²) < 4.78 is 38.8. The molecule has 9 heteroatoms. The fraction of sp³-hybridized carbons (Fsp3) is 0.250. The molecule has 3 rings (SSSR count). The van der Waals surface area contributed by atoms with Crippen molar-refractivity contribution in [1.29, 1.82) is 0 Å². The zero-order valence-corrected chi connectivity index (χ0v) is 15.4. The number of nitrogens with zero attached hydrogens (tertiary/aromatic N) is 1. The van der Waals surface area contributed by atoms with Gasteiger partial charge in [-0.3, -0.25) is 14.4 Å². The van der Waals surface area contributed by atoms with Gasteiger partial charge in [0.25, 0.3) is 0 Å². The normalized spacial score (nSPS) is 16.6. The van der Waals surface area contributed by atoms with E-state index in [1.54, 1.807) is 24.3 Å². The van der Waals surface area contributed by atoms with E-state index in [9.17, 15) is 27.6 Å². The molecule has 152 valence electrons. The highest BCUT2D eigenvalue weighted by Crippen LogP contribution is 2.33. The van der Waals surface area contributed by atoms with Gasteiger partial charge in [-0.1, -0.05) is 12.1 Å². The first kappa shape index (κ1) is 20.4. The molecule has 1 atom stereocenters. The molecule has 1 aliphatic heterocycles. The Bertz CT molecular complexity index is 959. The zero-order valence-electron chi connectivity index (χ0n) is 15.4. The Labute approximate surface area is 164 Å². The lowest BCUT2D eigenvalue weighted by Gasteiger charge is -2.18. The van der Waals surface area contributed by atoms with Gasteiger partial charge in [-0.25, -0.2) is 0 Å². The van der Waals surface area contributed by atoms with Crippen molar-refractivity contribution in [2.45, 2.75) is 19.5 Å². The molecule has 3 amide bonds. The maximum atomic E-state index is 12.9. The Morgan fingerprint density at radius 1 is 1.03 bits per heavy atom. The molecule has 0 aromatic heterocycles. The molecule has 1 heterocycles. The van der Waals surface area contributed by atoms with E-state index in [1.807, 2.05) is 0 Å². The highest BCUT2D eigenvalue weighted by molar-refractivity contribution is 6.03. The Hall–Kier alpha value is -3.36. The minimum Gasteiger partial charge on any atom is -0.326 e. The average Bonchev–Trinajstić information content (AvgIpc) is 3.03. The SMILES string of the molecule is CC(=O)Nc1cccc(NC(=O)[C@H]2CC(=O)N(c3cccc(C(F)(F)F)c3)C2)c1. The summed E-state index contributed by atoms with van der Waals surface area (Å²) in [5.74, 6) is -1.81. The highest BCUT2D eigenvalue weighted by atomic mass is 19.4. The summed E-state index contributed by atoms with van der Waals surface area (Å²) >= 11 is 0. The predicted octanol–water partition coefficient (Wildman–Crippen LogP) is 3.66. The Morgan fingerprint density at radius 2 is 1.69 bits per heavy atom. The van der Waals surface area contributed by atoms with E-state index < -0.39 is 29.5 Å². The van der Waals surface area contributed by atoms with Crippen LogP contribution in [-0.4, -0.2) is 24.3 Å². The Balaban J connectivity index is 1.70. The Morgan fingerprint density at radius 3 is 2.34 bits per heavy atom. The molecule has 0 bridgehead atoms. The third-order valence-electron chi connectivity index (χ3n) is 4.43. The number of rotatable bonds is 4. The number of hydrogen-bond donors (Lipinski definition) is 2. The fourth-order valence-electron chi connectivity index (χ4n) is 3.11. The molecule has 6 nitrogen and oxygen atoms in total. The lowest BCUT2D eigenvalue weighted by atomic mass is 10.1. The van der Waals surface area contributed by atoms with Crippen LogP contribution in [-0.2, 0) is 20.6 Å². The number of anilines is 3. The van der Waals surface area contributed by atoms with Gasteiger partial charge in [0.15, 0.2) is 0 Å². The molecule has 0 aliphatic carbocycles. The first-order valence-corrected chi connectivity index (χ1v) is 8.79. The van der Waals surface area contributed by atoms with Crippen LogP contribution in [0.15, 0.2) is 48.5 Å². The second kappa shape index (κ2) is 7.94. The van der Waals surface area contributed by atoms with E-state index >= 15 is 0 Å². The van der Waals surface area contributed by atoms with Crippen LogP contribution in [0.2, 0.25) is 0 Å². The van der Waals surface area contributed by atoms with E-state index in [0.29, 0.717) is 11.4 Å². The van der Waals surface area contributed by atoms with Crippen molar-refractivity contribution in [3.05, 3.63) is 54.1 Å². The van der Waals surface area contributed by atoms with Crippen molar-refractivity contribution in [2.75, 3.05) is 22.1 Å². The number of halogens is 3. The molecule has 0 saturated carbocycles. The van der Waals surface area contributed by atoms with Crippen molar-refractivity contribution in [3.63, 3.8) is 0 Å². The molecule has 2 N–H and O–H groups in total. The number of benzene rings is 2. The largest absolute Gasteiger partial charge is 0.416 e. The van der Waals surface area contributed by atoms with E-state index in [-0.39, 0.29) is 24.6 Å². The molecular formula is C20H18F3N3O3. The summed E-state index contributed by atoms with van der Waals surface area (Å²) in [6.45, 7) is 1.34. The number of carbonyl (C=O) groups is 3. The van der Waals surface area contributed by atoms with E-state index in [2.05, 4.69) is 10.6 Å². The van der Waals surface area contributed by atoms with E-state index in [0.717, 1.165) is 12.1 Å². The lowest BCUT2D eigenvalue weighted by molar-refractivity contribution is -0.137. The monoisotopic (exact) mass is 405 g/mol. The van der Waals surface area contributed by atoms with Gasteiger partial charge in [0.2, 0.25) is 17.7 Å². The molecule has 29 heavy (non-hydrogen) atoms. The van der Waals surface area contributed by atoms with Gasteiger partial charge in [-0.15, -0.1) is 0 Å². The van der Waals surface area contributed by atoms with Crippen LogP contribution < -0.4 is 15.5 Å². The van der Waals surface area contributed by atoms with Crippen molar-refractivity contribution in [3.8, 4) is 0 Å². The minimum absolute atomic E-state index is 0.0165. The molecule has 0 radical (unpaired) electrons. The quantitative estimate of drug-likeness (QED) is 0.815. The summed E-state index contributed by atoms with van der Waals surface area (Å²) in [6, 6.07) is 11.0. The lowest BCUT2D eigenvalue weighted by Crippen LogP contribution is -2.28. The Kier molecular flexibility index (Phi) is 5.58. The van der Waals surface area contributed by atoms with E-state index in [4.69, 9.17) is 0 Å². The van der Waals surface area contributed by atoms with Crippen LogP contribution >= 0.6 is 0 Å². The first-order valence-electron chi connectivity index (χ1n) is 8.79. The topological polar surface area (TPSA) is 78.5 Å². The zero-order chi connectivity index (χ0) is 21.2. The molecule has 0 spiro atoms. The van der Waals surface area contributed by atoms with Crippen molar-refractivity contribution < 1.29 is 27.6 Å². The van der Waals surface area contributed by atoms with Gasteiger partial charge < -0.3 is 15.5 Å². The second-order valence-corrected chi connectivity index (χ2v) is 6.70. The standard InChI is InChI=1S/C20H18F3N3O3/c1-12(27)24-15-5-3-6-16(10-15)25-19(29)13-8-18(28)26(11-13)17-7-2-4-14(9-17)20(21,22)23/h2-7,9-10,13H,8,11H2,1H3,(H,24,27)(H,25,29)/t13-/m0/s1. The number of hydrogen-bond acceptors (Lipinski definition) is 3. The van der Waals surface area contributed by atoms with Gasteiger partial charge in [-0.05, 0) is 36.4 Å². The summed E-state index contributed by atoms with van der Waals surface area (Å²) in [5, 5.41) is 5.27. The maximum absolute atomic E-state index is 12.9. The second-order valence-electron chi connectivity index (χ2n) is 6.70. The van der Waals surface area contributed by atoms with Crippen LogP contribution in [0.4, 0.5) is 30.2 Å². The summed E-state index contributed by atoms with van der Waals surface area (Å²) in [7, 11) is 0. The van der Waals surface area contributed by atoms with E-state index in [1.165, 1.54) is 24.0 Å². The minimum atomic E-state index is -4.52. The smallest absolute Gasteiger partial charge is 0.326 e. The van der Waals surface area contributed by atoms with Crippen LogP contribution in [0.25, 0.3) is 0 Å². The molecule has 1 saturated heterocycles. The predicted molar refractivity (Wildman–Crippen MR) is 101 cm³/mol. The fourth-order valence-corrected chi connectivity index (χ4v) is 3.11. The number of nitrogens with one attached hydrogen (secondary N) is 2.